The summed E-state index contributed by atoms with van der Waals surface area (Å²) in [6.07, 6.45) is 7.16. The van der Waals surface area contributed by atoms with Crippen molar-refractivity contribution in [3.05, 3.63) is 111 Å². The number of amides is 1. The normalized spacial score (nSPS) is 19.5. The Morgan fingerprint density at radius 2 is 1.76 bits per heavy atom. The smallest absolute Gasteiger partial charge is 0.297 e. The standard InChI is InChI=1S/C48H56ClN9O7S/c1-48(2)13-10-34(41(28-48)32-4-6-35(49)7-5-32)30-56-20-22-57(23-21-56)37-8-9-40(43(25-37)65-38-24-33-11-14-50-46(33)51-29-38)47(59)53-66(62,63)39-26-42(58(60)61)45-44(27-39)64-31-36(52-45)12-15-55-18-16-54(3)17-19-55/h4-9,11,14,24-27,29,36,52H,10,12-13,15-23,28,30-31H2,1-3H3,(H,50,51)(H,53,59)/t36-/m1/s1. The van der Waals surface area contributed by atoms with Crippen LogP contribution in [0.3, 0.4) is 0 Å². The number of aromatic amines is 1. The number of aromatic nitrogens is 2. The summed E-state index contributed by atoms with van der Waals surface area (Å²) >= 11 is 6.25. The third kappa shape index (κ3) is 10.3. The summed E-state index contributed by atoms with van der Waals surface area (Å²) < 4.78 is 42.3. The Morgan fingerprint density at radius 1 is 1.00 bits per heavy atom. The lowest BCUT2D eigenvalue weighted by atomic mass is 9.72. The number of benzene rings is 3. The Morgan fingerprint density at radius 3 is 2.52 bits per heavy atom. The van der Waals surface area contributed by atoms with E-state index in [4.69, 9.17) is 21.1 Å². The van der Waals surface area contributed by atoms with Gasteiger partial charge in [0.15, 0.2) is 11.4 Å². The number of fused-ring (bicyclic) bond motifs is 2. The van der Waals surface area contributed by atoms with Gasteiger partial charge in [-0.25, -0.2) is 18.1 Å². The highest BCUT2D eigenvalue weighted by Crippen LogP contribution is 2.44. The molecule has 348 valence electrons. The van der Waals surface area contributed by atoms with Crippen LogP contribution >= 0.6 is 11.6 Å². The molecule has 2 aromatic heterocycles. The van der Waals surface area contributed by atoms with Crippen molar-refractivity contribution in [3.8, 4) is 17.2 Å². The highest BCUT2D eigenvalue weighted by molar-refractivity contribution is 7.90. The number of likely N-dealkylation sites (N-methyl/N-ethyl adjacent to an activating group) is 1. The van der Waals surface area contributed by atoms with E-state index in [-0.39, 0.29) is 40.8 Å². The average Bonchev–Trinajstić information content (AvgIpc) is 3.77. The molecule has 1 aliphatic carbocycles. The van der Waals surface area contributed by atoms with Crippen LogP contribution in [0.5, 0.6) is 17.2 Å². The first kappa shape index (κ1) is 45.4. The van der Waals surface area contributed by atoms with Gasteiger partial charge < -0.3 is 34.5 Å². The van der Waals surface area contributed by atoms with E-state index < -0.39 is 31.4 Å². The number of ether oxygens (including phenoxy) is 2. The van der Waals surface area contributed by atoms with Crippen LogP contribution in [-0.4, -0.2) is 129 Å². The summed E-state index contributed by atoms with van der Waals surface area (Å²) in [5, 5.41) is 17.1. The van der Waals surface area contributed by atoms with E-state index in [9.17, 15) is 23.3 Å². The van der Waals surface area contributed by atoms with Gasteiger partial charge in [-0.15, -0.1) is 0 Å². The Bertz CT molecular complexity index is 2760. The minimum absolute atomic E-state index is 0.0235. The number of nitrogens with zero attached hydrogens (tertiary/aromatic N) is 6. The van der Waals surface area contributed by atoms with Crippen molar-refractivity contribution in [2.45, 2.75) is 50.5 Å². The molecule has 16 nitrogen and oxygen atoms in total. The van der Waals surface area contributed by atoms with Gasteiger partial charge in [-0.05, 0) is 85.7 Å². The molecule has 66 heavy (non-hydrogen) atoms. The summed E-state index contributed by atoms with van der Waals surface area (Å²) in [6, 6.07) is 18.8. The molecule has 5 aromatic rings. The zero-order valence-corrected chi connectivity index (χ0v) is 39.1. The Labute approximate surface area is 390 Å². The van der Waals surface area contributed by atoms with Crippen molar-refractivity contribution < 1.29 is 27.6 Å². The van der Waals surface area contributed by atoms with E-state index >= 15 is 0 Å². The molecule has 5 heterocycles. The minimum atomic E-state index is -4.65. The van der Waals surface area contributed by atoms with E-state index in [1.807, 2.05) is 18.2 Å². The quantitative estimate of drug-likeness (QED) is 0.0776. The number of nitro groups is 1. The number of carbonyl (C=O) groups is 1. The molecule has 18 heteroatoms. The second-order valence-electron chi connectivity index (χ2n) is 18.7. The van der Waals surface area contributed by atoms with Crippen molar-refractivity contribution in [2.24, 2.45) is 5.41 Å². The number of hydrogen-bond donors (Lipinski definition) is 3. The number of nitrogens with one attached hydrogen (secondary N) is 3. The van der Waals surface area contributed by atoms with Crippen LogP contribution in [0.1, 0.15) is 55.5 Å². The molecular weight excluding hydrogens is 882 g/mol. The molecule has 0 saturated carbocycles. The SMILES string of the molecule is CN1CCN(CC[C@@H]2COc3cc(S(=O)(=O)NC(=O)c4ccc(N5CCN(CC6=C(c7ccc(Cl)cc7)CC(C)(C)CC6)CC5)cc4Oc4cnc5[nH]ccc5c4)cc([N+](=O)[O-])c3N2)CC1. The van der Waals surface area contributed by atoms with E-state index in [2.05, 4.69) is 72.6 Å². The van der Waals surface area contributed by atoms with Gasteiger partial charge in [0.2, 0.25) is 0 Å². The molecule has 1 atom stereocenters. The van der Waals surface area contributed by atoms with E-state index in [0.29, 0.717) is 17.8 Å². The van der Waals surface area contributed by atoms with Gasteiger partial charge in [0.25, 0.3) is 21.6 Å². The number of sulfonamides is 1. The number of carbonyl (C=O) groups excluding carboxylic acids is 1. The van der Waals surface area contributed by atoms with E-state index in [0.717, 1.165) is 107 Å². The average molecular weight is 939 g/mol. The molecule has 0 bridgehead atoms. The summed E-state index contributed by atoms with van der Waals surface area (Å²) in [6.45, 7) is 13.4. The predicted octanol–water partition coefficient (Wildman–Crippen LogP) is 7.63. The number of rotatable bonds is 13. The number of halogens is 1. The fraction of sp³-hybridized carbons (Fsp3) is 0.417. The van der Waals surface area contributed by atoms with Gasteiger partial charge in [-0.2, -0.15) is 0 Å². The molecule has 3 aromatic carbocycles. The maximum Gasteiger partial charge on any atom is 0.297 e. The lowest BCUT2D eigenvalue weighted by Crippen LogP contribution is -2.47. The van der Waals surface area contributed by atoms with E-state index in [1.54, 1.807) is 30.5 Å². The highest BCUT2D eigenvalue weighted by Gasteiger charge is 2.33. The fourth-order valence-electron chi connectivity index (χ4n) is 9.35. The molecule has 0 spiro atoms. The highest BCUT2D eigenvalue weighted by atomic mass is 35.5. The number of allylic oxidation sites excluding steroid dienone is 1. The summed E-state index contributed by atoms with van der Waals surface area (Å²) in [5.41, 5.74) is 5.38. The molecule has 2 saturated heterocycles. The predicted molar refractivity (Wildman–Crippen MR) is 256 cm³/mol. The maximum absolute atomic E-state index is 14.1. The Kier molecular flexibility index (Phi) is 13.0. The second-order valence-corrected chi connectivity index (χ2v) is 20.8. The van der Waals surface area contributed by atoms with Gasteiger partial charge in [0.05, 0.1) is 27.6 Å². The van der Waals surface area contributed by atoms with Crippen molar-refractivity contribution >= 4 is 61.2 Å². The summed E-state index contributed by atoms with van der Waals surface area (Å²) in [4.78, 5) is 42.2. The number of nitro benzene ring substituents is 1. The van der Waals surface area contributed by atoms with Crippen LogP contribution < -0.4 is 24.4 Å². The van der Waals surface area contributed by atoms with Crippen LogP contribution in [0.25, 0.3) is 16.6 Å². The maximum atomic E-state index is 14.1. The summed E-state index contributed by atoms with van der Waals surface area (Å²) in [7, 11) is -2.56. The number of pyridine rings is 1. The zero-order valence-electron chi connectivity index (χ0n) is 37.5. The lowest BCUT2D eigenvalue weighted by molar-refractivity contribution is -0.384. The monoisotopic (exact) mass is 937 g/mol. The van der Waals surface area contributed by atoms with Gasteiger partial charge in [0, 0.05) is 106 Å². The first-order chi connectivity index (χ1) is 31.7. The molecule has 2 fully saturated rings. The van der Waals surface area contributed by atoms with Crippen LogP contribution in [0.2, 0.25) is 5.02 Å². The molecular formula is C48H56ClN9O7S. The molecule has 1 amide bonds. The third-order valence-corrected chi connectivity index (χ3v) is 14.9. The first-order valence-electron chi connectivity index (χ1n) is 22.6. The number of piperazine rings is 2. The molecule has 0 radical (unpaired) electrons. The van der Waals surface area contributed by atoms with Crippen molar-refractivity contribution in [2.75, 3.05) is 89.3 Å². The Hall–Kier alpha value is -5.72. The van der Waals surface area contributed by atoms with Crippen LogP contribution in [0, 0.1) is 15.5 Å². The van der Waals surface area contributed by atoms with Gasteiger partial charge in [0.1, 0.15) is 23.8 Å². The number of H-pyrrole nitrogens is 1. The second kappa shape index (κ2) is 18.9. The van der Waals surface area contributed by atoms with Gasteiger partial charge in [-0.1, -0.05) is 43.2 Å². The fourth-order valence-corrected chi connectivity index (χ4v) is 10.5. The third-order valence-electron chi connectivity index (χ3n) is 13.3. The molecule has 3 aliphatic heterocycles. The largest absolute Gasteiger partial charge is 0.489 e. The van der Waals surface area contributed by atoms with Crippen LogP contribution in [0.4, 0.5) is 17.1 Å². The molecule has 0 unspecified atom stereocenters. The lowest BCUT2D eigenvalue weighted by Gasteiger charge is -2.39. The number of anilines is 2. The molecule has 9 rings (SSSR count). The minimum Gasteiger partial charge on any atom is -0.489 e. The van der Waals surface area contributed by atoms with E-state index in [1.165, 1.54) is 29.0 Å². The van der Waals surface area contributed by atoms with Crippen molar-refractivity contribution in [1.29, 1.82) is 0 Å². The van der Waals surface area contributed by atoms with Crippen LogP contribution in [-0.2, 0) is 10.0 Å². The van der Waals surface area contributed by atoms with Crippen molar-refractivity contribution in [1.82, 2.24) is 29.4 Å². The zero-order chi connectivity index (χ0) is 46.2. The molecule has 3 N–H and O–H groups in total. The first-order valence-corrected chi connectivity index (χ1v) is 24.4. The summed E-state index contributed by atoms with van der Waals surface area (Å²) in [5.74, 6) is -0.483. The number of hydrogen-bond acceptors (Lipinski definition) is 13. The Balaban J connectivity index is 0.922. The van der Waals surface area contributed by atoms with Gasteiger partial charge in [-0.3, -0.25) is 19.8 Å². The topological polar surface area (TPSA) is 179 Å². The molecule has 4 aliphatic rings. The van der Waals surface area contributed by atoms with Crippen LogP contribution in [0.15, 0.2) is 89.6 Å². The van der Waals surface area contributed by atoms with Gasteiger partial charge >= 0.3 is 0 Å². The van der Waals surface area contributed by atoms with Crippen molar-refractivity contribution in [3.63, 3.8) is 0 Å².